The van der Waals surface area contributed by atoms with E-state index in [1.165, 1.54) is 46.7 Å². The lowest BCUT2D eigenvalue weighted by molar-refractivity contribution is -0.127. The Morgan fingerprint density at radius 1 is 1.13 bits per heavy atom. The Hall–Kier alpha value is -4.65. The summed E-state index contributed by atoms with van der Waals surface area (Å²) < 4.78 is 33.1. The number of nitrogens with one attached hydrogen (secondary N) is 1. The Bertz CT molecular complexity index is 1980. The largest absolute Gasteiger partial charge is 0.355 e. The van der Waals surface area contributed by atoms with Gasteiger partial charge in [-0.3, -0.25) is 14.6 Å². The molecule has 7 rings (SSSR count). The number of benzene rings is 1. The molecule has 230 valence electrons. The zero-order chi connectivity index (χ0) is 31.6. The van der Waals surface area contributed by atoms with Crippen LogP contribution < -0.4 is 15.9 Å². The van der Waals surface area contributed by atoms with Crippen LogP contribution in [0.2, 0.25) is 0 Å². The summed E-state index contributed by atoms with van der Waals surface area (Å²) in [6, 6.07) is 6.88. The summed E-state index contributed by atoms with van der Waals surface area (Å²) in [6.45, 7) is 8.23. The molecule has 1 saturated heterocycles. The van der Waals surface area contributed by atoms with Gasteiger partial charge in [0.15, 0.2) is 11.5 Å². The number of aromatic nitrogens is 4. The molecule has 2 amide bonds. The van der Waals surface area contributed by atoms with E-state index in [4.69, 9.17) is 0 Å². The summed E-state index contributed by atoms with van der Waals surface area (Å²) in [4.78, 5) is 57.7. The van der Waals surface area contributed by atoms with E-state index in [1.807, 2.05) is 18.7 Å². The first kappa shape index (κ1) is 29.1. The third kappa shape index (κ3) is 4.85. The number of hydrogen-bond donors (Lipinski definition) is 1. The van der Waals surface area contributed by atoms with Crippen LogP contribution in [-0.2, 0) is 9.59 Å². The molecule has 13 heteroatoms. The maximum absolute atomic E-state index is 16.2. The fraction of sp³-hybridized carbons (Fsp3) is 0.312. The molecule has 0 radical (unpaired) electrons. The summed E-state index contributed by atoms with van der Waals surface area (Å²) in [7, 11) is 0. The van der Waals surface area contributed by atoms with E-state index in [-0.39, 0.29) is 70.0 Å². The smallest absolute Gasteiger partial charge is 0.349 e. The highest BCUT2D eigenvalue weighted by atomic mass is 32.2. The highest BCUT2D eigenvalue weighted by Gasteiger charge is 2.51. The molecule has 2 fully saturated rings. The molecule has 2 aliphatic heterocycles. The van der Waals surface area contributed by atoms with E-state index in [9.17, 15) is 14.4 Å². The van der Waals surface area contributed by atoms with E-state index in [1.54, 1.807) is 17.2 Å². The van der Waals surface area contributed by atoms with E-state index >= 15 is 8.78 Å². The van der Waals surface area contributed by atoms with E-state index in [0.717, 1.165) is 0 Å². The molecule has 45 heavy (non-hydrogen) atoms. The number of fused-ring (bicyclic) bond motifs is 6. The monoisotopic (exact) mass is 629 g/mol. The first-order valence-electron chi connectivity index (χ1n) is 14.7. The van der Waals surface area contributed by atoms with Crippen molar-refractivity contribution >= 4 is 46.1 Å². The van der Waals surface area contributed by atoms with Crippen LogP contribution >= 0.6 is 11.8 Å². The number of carbonyl (C=O) groups excluding carboxylic acids is 2. The Labute approximate surface area is 261 Å². The van der Waals surface area contributed by atoms with Gasteiger partial charge in [0.25, 0.3) is 0 Å². The molecule has 3 aromatic heterocycles. The molecule has 1 N–H and O–H groups in total. The molecule has 4 aromatic rings. The number of halogens is 2. The van der Waals surface area contributed by atoms with Crippen molar-refractivity contribution in [2.75, 3.05) is 29.1 Å². The van der Waals surface area contributed by atoms with Crippen molar-refractivity contribution in [1.82, 2.24) is 24.4 Å². The van der Waals surface area contributed by atoms with Gasteiger partial charge in [-0.1, -0.05) is 26.5 Å². The summed E-state index contributed by atoms with van der Waals surface area (Å²) in [5.41, 5.74) is -0.0343. The van der Waals surface area contributed by atoms with Gasteiger partial charge in [-0.05, 0) is 42.7 Å². The standard InChI is InChI=1S/C32H29F2N7O3S/c1-4-25(43)39-11-12-40(22-15-21(22)39)30-17-14-19(34)28-26-18(33)6-5-7-20(26)36-24(42)9-13-45-23-8-10-35-27(16(2)3)29(23)41(31(17)37-28)32(44)38-30/h4-8,10,14,16,21-22H,1,9,11-13,15H2,2-3H3,(H,36,42)/t21-,22?/m1/s1. The van der Waals surface area contributed by atoms with E-state index < -0.39 is 17.3 Å². The molecule has 1 aliphatic carbocycles. The van der Waals surface area contributed by atoms with Crippen molar-refractivity contribution < 1.29 is 18.4 Å². The maximum Gasteiger partial charge on any atom is 0.355 e. The van der Waals surface area contributed by atoms with Crippen LogP contribution in [0, 0.1) is 11.6 Å². The van der Waals surface area contributed by atoms with E-state index in [2.05, 4.69) is 26.8 Å². The van der Waals surface area contributed by atoms with Gasteiger partial charge in [0, 0.05) is 36.4 Å². The summed E-state index contributed by atoms with van der Waals surface area (Å²) in [5, 5.41) is 2.98. The van der Waals surface area contributed by atoms with Gasteiger partial charge in [-0.15, -0.1) is 11.8 Å². The van der Waals surface area contributed by atoms with Crippen molar-refractivity contribution in [2.45, 2.75) is 49.6 Å². The normalized spacial score (nSPS) is 19.2. The average Bonchev–Trinajstić information content (AvgIpc) is 3.81. The van der Waals surface area contributed by atoms with Crippen LogP contribution in [0.4, 0.5) is 20.3 Å². The van der Waals surface area contributed by atoms with Crippen LogP contribution in [0.3, 0.4) is 0 Å². The molecule has 1 aromatic carbocycles. The van der Waals surface area contributed by atoms with Gasteiger partial charge < -0.3 is 15.1 Å². The number of piperazine rings is 1. The number of amides is 2. The van der Waals surface area contributed by atoms with Gasteiger partial charge >= 0.3 is 5.69 Å². The molecular formula is C32H29F2N7O3S. The summed E-state index contributed by atoms with van der Waals surface area (Å²) in [6.07, 6.45) is 3.68. The number of thioether (sulfide) groups is 1. The van der Waals surface area contributed by atoms with Gasteiger partial charge in [-0.25, -0.2) is 23.1 Å². The fourth-order valence-electron chi connectivity index (χ4n) is 6.29. The molecular weight excluding hydrogens is 600 g/mol. The van der Waals surface area contributed by atoms with Gasteiger partial charge in [0.1, 0.15) is 17.3 Å². The minimum Gasteiger partial charge on any atom is -0.349 e. The molecule has 10 nitrogen and oxygen atoms in total. The predicted molar refractivity (Wildman–Crippen MR) is 168 cm³/mol. The molecule has 1 saturated carbocycles. The second-order valence-corrected chi connectivity index (χ2v) is 12.7. The lowest BCUT2D eigenvalue weighted by Gasteiger charge is -2.35. The van der Waals surface area contributed by atoms with Crippen LogP contribution in [0.15, 0.2) is 58.9 Å². The highest BCUT2D eigenvalue weighted by molar-refractivity contribution is 7.99. The average molecular weight is 630 g/mol. The zero-order valence-electron chi connectivity index (χ0n) is 24.6. The van der Waals surface area contributed by atoms with Gasteiger partial charge in [0.05, 0.1) is 40.1 Å². The van der Waals surface area contributed by atoms with Crippen LogP contribution in [0.1, 0.15) is 38.3 Å². The molecule has 2 atom stereocenters. The third-order valence-corrected chi connectivity index (χ3v) is 9.48. The Morgan fingerprint density at radius 3 is 2.73 bits per heavy atom. The van der Waals surface area contributed by atoms with Crippen molar-refractivity contribution in [3.8, 4) is 16.9 Å². The second-order valence-electron chi connectivity index (χ2n) is 11.5. The number of rotatable bonds is 3. The molecule has 5 heterocycles. The topological polar surface area (TPSA) is 113 Å². The molecule has 3 aliphatic rings. The SMILES string of the molecule is C=CC(=O)N1CCN(c2nc(=O)n3c4nc(c(F)cc24)-c2c(F)cccc2NC(=O)CCSc2ccnc(C(C)C)c2-3)C2C[C@H]21. The number of anilines is 2. The lowest BCUT2D eigenvalue weighted by atomic mass is 10.1. The van der Waals surface area contributed by atoms with Crippen molar-refractivity contribution in [2.24, 2.45) is 0 Å². The maximum atomic E-state index is 16.2. The fourth-order valence-corrected chi connectivity index (χ4v) is 7.29. The van der Waals surface area contributed by atoms with E-state index in [0.29, 0.717) is 41.5 Å². The lowest BCUT2D eigenvalue weighted by Crippen LogP contribution is -2.49. The minimum absolute atomic E-state index is 0.0732. The quantitative estimate of drug-likeness (QED) is 0.326. The number of carbonyl (C=O) groups is 2. The van der Waals surface area contributed by atoms with Crippen molar-refractivity contribution in [3.63, 3.8) is 0 Å². The van der Waals surface area contributed by atoms with Crippen LogP contribution in [-0.4, -0.2) is 67.2 Å². The Morgan fingerprint density at radius 2 is 1.96 bits per heavy atom. The number of nitrogens with zero attached hydrogens (tertiary/aromatic N) is 6. The van der Waals surface area contributed by atoms with Crippen molar-refractivity contribution in [3.05, 3.63) is 77.0 Å². The molecule has 0 spiro atoms. The predicted octanol–water partition coefficient (Wildman–Crippen LogP) is 4.65. The first-order valence-corrected chi connectivity index (χ1v) is 15.7. The summed E-state index contributed by atoms with van der Waals surface area (Å²) in [5.74, 6) is -1.68. The molecule has 2 bridgehead atoms. The van der Waals surface area contributed by atoms with Gasteiger partial charge in [0.2, 0.25) is 11.8 Å². The highest BCUT2D eigenvalue weighted by Crippen LogP contribution is 2.43. The van der Waals surface area contributed by atoms with Crippen LogP contribution in [0.25, 0.3) is 28.0 Å². The Balaban J connectivity index is 1.54. The van der Waals surface area contributed by atoms with Crippen molar-refractivity contribution in [1.29, 1.82) is 0 Å². The zero-order valence-corrected chi connectivity index (χ0v) is 25.4. The molecule has 1 unspecified atom stereocenters. The first-order chi connectivity index (χ1) is 21.7. The summed E-state index contributed by atoms with van der Waals surface area (Å²) >= 11 is 1.37. The third-order valence-electron chi connectivity index (χ3n) is 8.43. The minimum atomic E-state index is -0.844. The second kappa shape index (κ2) is 11.1. The number of pyridine rings is 2. The van der Waals surface area contributed by atoms with Gasteiger partial charge in [-0.2, -0.15) is 4.98 Å². The Kier molecular flexibility index (Phi) is 7.15. The van der Waals surface area contributed by atoms with Crippen LogP contribution in [0.5, 0.6) is 0 Å². The number of hydrogen-bond acceptors (Lipinski definition) is 8.